The van der Waals surface area contributed by atoms with Gasteiger partial charge in [-0.05, 0) is 39.2 Å². The standard InChI is InChI=1S/C16H25FN2O/c1-4-9-19(12-11-18(2)3)10-8-16(20)14-6-5-7-15(17)13-14/h5-7,13H,4,8-12H2,1-3H3. The van der Waals surface area contributed by atoms with Crippen molar-refractivity contribution in [3.8, 4) is 0 Å². The van der Waals surface area contributed by atoms with Crippen molar-refractivity contribution in [1.82, 2.24) is 9.80 Å². The van der Waals surface area contributed by atoms with Crippen LogP contribution in [0.2, 0.25) is 0 Å². The summed E-state index contributed by atoms with van der Waals surface area (Å²) in [4.78, 5) is 16.5. The van der Waals surface area contributed by atoms with Gasteiger partial charge in [0.15, 0.2) is 5.78 Å². The lowest BCUT2D eigenvalue weighted by atomic mass is 10.1. The van der Waals surface area contributed by atoms with Gasteiger partial charge in [-0.2, -0.15) is 0 Å². The molecule has 0 atom stereocenters. The molecule has 0 saturated heterocycles. The van der Waals surface area contributed by atoms with E-state index in [9.17, 15) is 9.18 Å². The zero-order chi connectivity index (χ0) is 15.0. The van der Waals surface area contributed by atoms with Crippen LogP contribution in [0, 0.1) is 5.82 Å². The number of carbonyl (C=O) groups excluding carboxylic acids is 1. The van der Waals surface area contributed by atoms with E-state index in [4.69, 9.17) is 0 Å². The van der Waals surface area contributed by atoms with Crippen molar-refractivity contribution < 1.29 is 9.18 Å². The Kier molecular flexibility index (Phi) is 7.41. The second-order valence-corrected chi connectivity index (χ2v) is 5.33. The van der Waals surface area contributed by atoms with Gasteiger partial charge in [0, 0.05) is 31.6 Å². The lowest BCUT2D eigenvalue weighted by Crippen LogP contribution is -2.34. The zero-order valence-corrected chi connectivity index (χ0v) is 12.7. The maximum atomic E-state index is 13.1. The summed E-state index contributed by atoms with van der Waals surface area (Å²) in [6.45, 7) is 5.80. The molecular formula is C16H25FN2O. The predicted octanol–water partition coefficient (Wildman–Crippen LogP) is 2.67. The summed E-state index contributed by atoms with van der Waals surface area (Å²) in [5, 5.41) is 0. The molecule has 0 amide bonds. The minimum absolute atomic E-state index is 0.00968. The van der Waals surface area contributed by atoms with Crippen molar-refractivity contribution in [2.45, 2.75) is 19.8 Å². The first kappa shape index (κ1) is 16.8. The highest BCUT2D eigenvalue weighted by atomic mass is 19.1. The highest BCUT2D eigenvalue weighted by molar-refractivity contribution is 5.96. The molecule has 0 aliphatic carbocycles. The van der Waals surface area contributed by atoms with Crippen LogP contribution in [0.1, 0.15) is 30.1 Å². The average molecular weight is 280 g/mol. The Bertz CT molecular complexity index is 421. The number of halogens is 1. The van der Waals surface area contributed by atoms with E-state index >= 15 is 0 Å². The van der Waals surface area contributed by atoms with Crippen molar-refractivity contribution in [2.24, 2.45) is 0 Å². The third-order valence-corrected chi connectivity index (χ3v) is 3.20. The van der Waals surface area contributed by atoms with E-state index in [0.717, 1.165) is 32.6 Å². The molecule has 0 fully saturated rings. The number of rotatable bonds is 9. The molecule has 4 heteroatoms. The van der Waals surface area contributed by atoms with Crippen molar-refractivity contribution in [3.63, 3.8) is 0 Å². The van der Waals surface area contributed by atoms with Crippen LogP contribution in [-0.2, 0) is 0 Å². The fourth-order valence-corrected chi connectivity index (χ4v) is 2.06. The number of hydrogen-bond donors (Lipinski definition) is 0. The van der Waals surface area contributed by atoms with Gasteiger partial charge >= 0.3 is 0 Å². The van der Waals surface area contributed by atoms with E-state index in [0.29, 0.717) is 12.0 Å². The Morgan fingerprint density at radius 3 is 2.50 bits per heavy atom. The second-order valence-electron chi connectivity index (χ2n) is 5.33. The zero-order valence-electron chi connectivity index (χ0n) is 12.7. The van der Waals surface area contributed by atoms with Crippen molar-refractivity contribution in [2.75, 3.05) is 40.3 Å². The quantitative estimate of drug-likeness (QED) is 0.650. The number of nitrogens with zero attached hydrogens (tertiary/aromatic N) is 2. The maximum Gasteiger partial charge on any atom is 0.164 e. The normalized spacial score (nSPS) is 11.3. The van der Waals surface area contributed by atoms with Crippen LogP contribution >= 0.6 is 0 Å². The molecule has 112 valence electrons. The van der Waals surface area contributed by atoms with E-state index in [2.05, 4.69) is 16.7 Å². The van der Waals surface area contributed by atoms with Crippen LogP contribution < -0.4 is 0 Å². The minimum atomic E-state index is -0.353. The molecule has 0 heterocycles. The smallest absolute Gasteiger partial charge is 0.164 e. The molecule has 0 unspecified atom stereocenters. The molecule has 0 N–H and O–H groups in total. The van der Waals surface area contributed by atoms with Gasteiger partial charge in [0.2, 0.25) is 0 Å². The summed E-state index contributed by atoms with van der Waals surface area (Å²) in [6.07, 6.45) is 1.51. The SMILES string of the molecule is CCCN(CCC(=O)c1cccc(F)c1)CCN(C)C. The Morgan fingerprint density at radius 1 is 1.15 bits per heavy atom. The molecule has 0 bridgehead atoms. The van der Waals surface area contributed by atoms with Crippen molar-refractivity contribution >= 4 is 5.78 Å². The molecule has 0 saturated carbocycles. The lowest BCUT2D eigenvalue weighted by Gasteiger charge is -2.23. The number of ketones is 1. The largest absolute Gasteiger partial charge is 0.308 e. The fourth-order valence-electron chi connectivity index (χ4n) is 2.06. The van der Waals surface area contributed by atoms with Gasteiger partial charge in [0.1, 0.15) is 5.82 Å². The molecule has 0 aromatic heterocycles. The minimum Gasteiger partial charge on any atom is -0.308 e. The topological polar surface area (TPSA) is 23.6 Å². The molecule has 1 rings (SSSR count). The van der Waals surface area contributed by atoms with Gasteiger partial charge in [0.05, 0.1) is 0 Å². The number of benzene rings is 1. The van der Waals surface area contributed by atoms with Gasteiger partial charge in [0.25, 0.3) is 0 Å². The molecular weight excluding hydrogens is 255 g/mol. The van der Waals surface area contributed by atoms with Crippen molar-refractivity contribution in [3.05, 3.63) is 35.6 Å². The van der Waals surface area contributed by atoms with Gasteiger partial charge in [-0.1, -0.05) is 19.1 Å². The van der Waals surface area contributed by atoms with Gasteiger partial charge in [-0.3, -0.25) is 4.79 Å². The van der Waals surface area contributed by atoms with Crippen LogP contribution in [-0.4, -0.2) is 55.9 Å². The molecule has 0 radical (unpaired) electrons. The van der Waals surface area contributed by atoms with E-state index in [1.807, 2.05) is 14.1 Å². The maximum absolute atomic E-state index is 13.1. The monoisotopic (exact) mass is 280 g/mol. The highest BCUT2D eigenvalue weighted by Gasteiger charge is 2.10. The van der Waals surface area contributed by atoms with E-state index in [-0.39, 0.29) is 11.6 Å². The van der Waals surface area contributed by atoms with Crippen LogP contribution in [0.5, 0.6) is 0 Å². The average Bonchev–Trinajstić information content (AvgIpc) is 2.41. The third-order valence-electron chi connectivity index (χ3n) is 3.20. The summed E-state index contributed by atoms with van der Waals surface area (Å²) in [6, 6.07) is 5.93. The number of Topliss-reactive ketones (excluding diaryl/α,β-unsaturated/α-hetero) is 1. The first-order valence-corrected chi connectivity index (χ1v) is 7.18. The van der Waals surface area contributed by atoms with E-state index in [1.54, 1.807) is 12.1 Å². The Hall–Kier alpha value is -1.26. The number of likely N-dealkylation sites (N-methyl/N-ethyl adjacent to an activating group) is 1. The summed E-state index contributed by atoms with van der Waals surface area (Å²) in [7, 11) is 4.09. The fraction of sp³-hybridized carbons (Fsp3) is 0.562. The van der Waals surface area contributed by atoms with Gasteiger partial charge in [-0.15, -0.1) is 0 Å². The third kappa shape index (κ3) is 6.26. The Labute approximate surface area is 121 Å². The molecule has 0 aliphatic rings. The first-order chi connectivity index (χ1) is 9.52. The molecule has 0 aliphatic heterocycles. The summed E-state index contributed by atoms with van der Waals surface area (Å²) >= 11 is 0. The van der Waals surface area contributed by atoms with Crippen LogP contribution in [0.25, 0.3) is 0 Å². The summed E-state index contributed by atoms with van der Waals surface area (Å²) < 4.78 is 13.1. The summed E-state index contributed by atoms with van der Waals surface area (Å²) in [5.41, 5.74) is 0.467. The van der Waals surface area contributed by atoms with Crippen molar-refractivity contribution in [1.29, 1.82) is 0 Å². The second kappa shape index (κ2) is 8.82. The van der Waals surface area contributed by atoms with E-state index in [1.165, 1.54) is 12.1 Å². The van der Waals surface area contributed by atoms with Crippen LogP contribution in [0.3, 0.4) is 0 Å². The highest BCUT2D eigenvalue weighted by Crippen LogP contribution is 2.07. The predicted molar refractivity (Wildman–Crippen MR) is 80.6 cm³/mol. The lowest BCUT2D eigenvalue weighted by molar-refractivity contribution is 0.0961. The molecule has 3 nitrogen and oxygen atoms in total. The van der Waals surface area contributed by atoms with Gasteiger partial charge in [-0.25, -0.2) is 4.39 Å². The Balaban J connectivity index is 2.47. The first-order valence-electron chi connectivity index (χ1n) is 7.18. The molecule has 20 heavy (non-hydrogen) atoms. The van der Waals surface area contributed by atoms with Crippen LogP contribution in [0.15, 0.2) is 24.3 Å². The Morgan fingerprint density at radius 2 is 1.90 bits per heavy atom. The summed E-state index contributed by atoms with van der Waals surface area (Å²) in [5.74, 6) is -0.343. The van der Waals surface area contributed by atoms with E-state index < -0.39 is 0 Å². The number of hydrogen-bond acceptors (Lipinski definition) is 3. The molecule has 1 aromatic rings. The molecule has 1 aromatic carbocycles. The van der Waals surface area contributed by atoms with Gasteiger partial charge < -0.3 is 9.80 Å². The number of carbonyl (C=O) groups is 1. The van der Waals surface area contributed by atoms with Crippen LogP contribution in [0.4, 0.5) is 4.39 Å². The molecule has 0 spiro atoms.